The average Bonchev–Trinajstić information content (AvgIpc) is 3.04. The van der Waals surface area contributed by atoms with E-state index in [9.17, 15) is 0 Å². The van der Waals surface area contributed by atoms with Crippen LogP contribution in [0.25, 0.3) is 11.5 Å². The van der Waals surface area contributed by atoms with Crippen LogP contribution in [0.15, 0.2) is 29.0 Å². The van der Waals surface area contributed by atoms with E-state index in [1.165, 1.54) is 0 Å². The molecule has 6 heteroatoms. The maximum Gasteiger partial charge on any atom is 0.259 e. The van der Waals surface area contributed by atoms with Crippen molar-refractivity contribution in [2.24, 2.45) is 0 Å². The van der Waals surface area contributed by atoms with E-state index in [1.807, 2.05) is 12.1 Å². The largest absolute Gasteiger partial charge is 0.334 e. The van der Waals surface area contributed by atoms with Crippen molar-refractivity contribution in [3.8, 4) is 11.5 Å². The second-order valence-corrected chi connectivity index (χ2v) is 5.29. The van der Waals surface area contributed by atoms with Crippen molar-refractivity contribution in [3.63, 3.8) is 0 Å². The lowest BCUT2D eigenvalue weighted by molar-refractivity contribution is 0.155. The second-order valence-electron chi connectivity index (χ2n) is 5.29. The Bertz CT molecular complexity index is 550. The number of hydrogen-bond acceptors (Lipinski definition) is 6. The first-order valence-electron chi connectivity index (χ1n) is 7.57. The molecule has 0 saturated carbocycles. The summed E-state index contributed by atoms with van der Waals surface area (Å²) in [5.41, 5.74) is 0.867. The van der Waals surface area contributed by atoms with Gasteiger partial charge in [0.2, 0.25) is 0 Å². The standard InChI is InChI=1S/C15H21N5O/c1-2-4-13(20-9-7-16-8-10-20)14-18-15(21-19-14)12-5-3-6-17-11-12/h3,5-6,11,13,16H,2,4,7-10H2,1H3. The zero-order chi connectivity index (χ0) is 14.5. The highest BCUT2D eigenvalue weighted by Gasteiger charge is 2.26. The molecule has 6 nitrogen and oxygen atoms in total. The molecule has 1 saturated heterocycles. The Morgan fingerprint density at radius 3 is 2.95 bits per heavy atom. The Kier molecular flexibility index (Phi) is 4.57. The molecule has 1 unspecified atom stereocenters. The van der Waals surface area contributed by atoms with E-state index in [1.54, 1.807) is 12.4 Å². The highest BCUT2D eigenvalue weighted by atomic mass is 16.5. The van der Waals surface area contributed by atoms with Gasteiger partial charge in [-0.1, -0.05) is 18.5 Å². The lowest BCUT2D eigenvalue weighted by Crippen LogP contribution is -2.45. The van der Waals surface area contributed by atoms with Crippen LogP contribution in [-0.4, -0.2) is 46.2 Å². The van der Waals surface area contributed by atoms with E-state index < -0.39 is 0 Å². The summed E-state index contributed by atoms with van der Waals surface area (Å²) in [4.78, 5) is 11.1. The van der Waals surface area contributed by atoms with Crippen molar-refractivity contribution in [1.82, 2.24) is 25.3 Å². The first-order chi connectivity index (χ1) is 10.4. The Hall–Kier alpha value is -1.79. The second kappa shape index (κ2) is 6.78. The molecule has 0 radical (unpaired) electrons. The predicted octanol–water partition coefficient (Wildman–Crippen LogP) is 1.88. The molecule has 1 atom stereocenters. The van der Waals surface area contributed by atoms with Crippen LogP contribution in [-0.2, 0) is 0 Å². The Labute approximate surface area is 124 Å². The van der Waals surface area contributed by atoms with Crippen LogP contribution in [0.5, 0.6) is 0 Å². The van der Waals surface area contributed by atoms with Crippen molar-refractivity contribution in [1.29, 1.82) is 0 Å². The van der Waals surface area contributed by atoms with Gasteiger partial charge in [0.1, 0.15) is 0 Å². The van der Waals surface area contributed by atoms with Crippen molar-refractivity contribution < 1.29 is 4.52 Å². The van der Waals surface area contributed by atoms with Gasteiger partial charge in [0.25, 0.3) is 5.89 Å². The fraction of sp³-hybridized carbons (Fsp3) is 0.533. The summed E-state index contributed by atoms with van der Waals surface area (Å²) in [6.07, 6.45) is 5.63. The number of nitrogens with one attached hydrogen (secondary N) is 1. The minimum absolute atomic E-state index is 0.242. The molecule has 0 aromatic carbocycles. The molecule has 0 bridgehead atoms. The molecule has 0 spiro atoms. The van der Waals surface area contributed by atoms with Gasteiger partial charge in [-0.05, 0) is 18.6 Å². The van der Waals surface area contributed by atoms with Crippen LogP contribution in [0.2, 0.25) is 0 Å². The van der Waals surface area contributed by atoms with Gasteiger partial charge < -0.3 is 9.84 Å². The Balaban J connectivity index is 1.81. The normalized spacial score (nSPS) is 17.8. The molecule has 2 aromatic rings. The van der Waals surface area contributed by atoms with Gasteiger partial charge in [0.05, 0.1) is 11.6 Å². The molecular formula is C15H21N5O. The van der Waals surface area contributed by atoms with Crippen LogP contribution in [0.4, 0.5) is 0 Å². The lowest BCUT2D eigenvalue weighted by Gasteiger charge is -2.33. The van der Waals surface area contributed by atoms with Gasteiger partial charge in [-0.15, -0.1) is 0 Å². The summed E-state index contributed by atoms with van der Waals surface area (Å²) in [5.74, 6) is 1.34. The van der Waals surface area contributed by atoms with Crippen LogP contribution in [0, 0.1) is 0 Å². The van der Waals surface area contributed by atoms with Gasteiger partial charge in [0, 0.05) is 38.6 Å². The van der Waals surface area contributed by atoms with Gasteiger partial charge in [-0.2, -0.15) is 4.98 Å². The molecule has 1 fully saturated rings. The molecule has 0 aliphatic carbocycles. The van der Waals surface area contributed by atoms with Gasteiger partial charge in [-0.3, -0.25) is 9.88 Å². The van der Waals surface area contributed by atoms with Gasteiger partial charge >= 0.3 is 0 Å². The van der Waals surface area contributed by atoms with Crippen LogP contribution in [0.3, 0.4) is 0 Å². The maximum atomic E-state index is 5.43. The Morgan fingerprint density at radius 1 is 1.38 bits per heavy atom. The SMILES string of the molecule is CCCC(c1noc(-c2cccnc2)n1)N1CCNCC1. The van der Waals surface area contributed by atoms with E-state index in [0.717, 1.165) is 50.4 Å². The summed E-state index contributed by atoms with van der Waals surface area (Å²) < 4.78 is 5.43. The van der Waals surface area contributed by atoms with Crippen LogP contribution >= 0.6 is 0 Å². The lowest BCUT2D eigenvalue weighted by atomic mass is 10.1. The summed E-state index contributed by atoms with van der Waals surface area (Å²) in [6, 6.07) is 4.05. The molecule has 1 aliphatic heterocycles. The number of nitrogens with zero attached hydrogens (tertiary/aromatic N) is 4. The quantitative estimate of drug-likeness (QED) is 0.905. The zero-order valence-electron chi connectivity index (χ0n) is 12.3. The summed E-state index contributed by atoms with van der Waals surface area (Å²) in [7, 11) is 0. The maximum absolute atomic E-state index is 5.43. The predicted molar refractivity (Wildman–Crippen MR) is 79.6 cm³/mol. The monoisotopic (exact) mass is 287 g/mol. The minimum atomic E-state index is 0.242. The average molecular weight is 287 g/mol. The third-order valence-electron chi connectivity index (χ3n) is 3.80. The third-order valence-corrected chi connectivity index (χ3v) is 3.80. The zero-order valence-corrected chi connectivity index (χ0v) is 12.3. The molecule has 3 heterocycles. The number of piperazine rings is 1. The molecule has 3 rings (SSSR count). The fourth-order valence-electron chi connectivity index (χ4n) is 2.72. The summed E-state index contributed by atoms with van der Waals surface area (Å²) in [5, 5.41) is 7.59. The molecule has 0 amide bonds. The van der Waals surface area contributed by atoms with Crippen molar-refractivity contribution >= 4 is 0 Å². The van der Waals surface area contributed by atoms with E-state index in [4.69, 9.17) is 4.52 Å². The minimum Gasteiger partial charge on any atom is -0.334 e. The van der Waals surface area contributed by atoms with E-state index >= 15 is 0 Å². The number of hydrogen-bond donors (Lipinski definition) is 1. The van der Waals surface area contributed by atoms with Gasteiger partial charge in [0.15, 0.2) is 5.82 Å². The van der Waals surface area contributed by atoms with E-state index in [0.29, 0.717) is 5.89 Å². The number of rotatable bonds is 5. The fourth-order valence-corrected chi connectivity index (χ4v) is 2.72. The number of pyridine rings is 1. The topological polar surface area (TPSA) is 67.1 Å². The summed E-state index contributed by atoms with van der Waals surface area (Å²) >= 11 is 0. The highest BCUT2D eigenvalue weighted by Crippen LogP contribution is 2.26. The molecule has 1 N–H and O–H groups in total. The van der Waals surface area contributed by atoms with Crippen LogP contribution < -0.4 is 5.32 Å². The van der Waals surface area contributed by atoms with E-state index in [-0.39, 0.29) is 6.04 Å². The molecule has 2 aromatic heterocycles. The van der Waals surface area contributed by atoms with E-state index in [2.05, 4.69) is 32.3 Å². The van der Waals surface area contributed by atoms with Crippen molar-refractivity contribution in [3.05, 3.63) is 30.4 Å². The molecule has 112 valence electrons. The molecular weight excluding hydrogens is 266 g/mol. The van der Waals surface area contributed by atoms with Gasteiger partial charge in [-0.25, -0.2) is 0 Å². The first-order valence-corrected chi connectivity index (χ1v) is 7.57. The third kappa shape index (κ3) is 3.28. The Morgan fingerprint density at radius 2 is 2.24 bits per heavy atom. The van der Waals surface area contributed by atoms with Crippen molar-refractivity contribution in [2.75, 3.05) is 26.2 Å². The summed E-state index contributed by atoms with van der Waals surface area (Å²) in [6.45, 7) is 6.29. The first kappa shape index (κ1) is 14.2. The van der Waals surface area contributed by atoms with Crippen molar-refractivity contribution in [2.45, 2.75) is 25.8 Å². The van der Waals surface area contributed by atoms with Crippen LogP contribution in [0.1, 0.15) is 31.6 Å². The molecule has 21 heavy (non-hydrogen) atoms. The highest BCUT2D eigenvalue weighted by molar-refractivity contribution is 5.50. The smallest absolute Gasteiger partial charge is 0.259 e. The number of aromatic nitrogens is 3. The molecule has 1 aliphatic rings.